The maximum atomic E-state index is 12.1. The van der Waals surface area contributed by atoms with Crippen molar-refractivity contribution >= 4 is 33.3 Å². The highest BCUT2D eigenvalue weighted by atomic mass is 32.2. The second-order valence-electron chi connectivity index (χ2n) is 4.30. The molecule has 0 fully saturated rings. The van der Waals surface area contributed by atoms with Gasteiger partial charge in [-0.15, -0.1) is 11.3 Å². The molecule has 118 valence electrons. The highest BCUT2D eigenvalue weighted by Gasteiger charge is 2.26. The Morgan fingerprint density at radius 1 is 1.48 bits per heavy atom. The van der Waals surface area contributed by atoms with E-state index in [0.29, 0.717) is 6.42 Å². The van der Waals surface area contributed by atoms with E-state index in [-0.39, 0.29) is 16.2 Å². The molecule has 1 unspecified atom stereocenters. The van der Waals surface area contributed by atoms with E-state index >= 15 is 0 Å². The largest absolute Gasteiger partial charge is 0.480 e. The quantitative estimate of drug-likeness (QED) is 0.696. The van der Waals surface area contributed by atoms with E-state index in [1.54, 1.807) is 0 Å². The number of carboxylic acids is 1. The molecular weight excluding hydrogens is 318 g/mol. The zero-order valence-electron chi connectivity index (χ0n) is 11.7. The fourth-order valence-corrected chi connectivity index (χ4v) is 3.96. The molecule has 7 nitrogen and oxygen atoms in total. The minimum absolute atomic E-state index is 0.114. The second-order valence-corrected chi connectivity index (χ2v) is 7.15. The molecular formula is C12H17NO6S2. The fourth-order valence-electron chi connectivity index (χ4n) is 1.57. The van der Waals surface area contributed by atoms with Crippen LogP contribution in [-0.2, 0) is 19.6 Å². The van der Waals surface area contributed by atoms with E-state index in [2.05, 4.69) is 9.46 Å². The van der Waals surface area contributed by atoms with Crippen LogP contribution in [0.4, 0.5) is 0 Å². The Balaban J connectivity index is 2.91. The first kappa shape index (κ1) is 17.6. The van der Waals surface area contributed by atoms with Gasteiger partial charge in [-0.25, -0.2) is 13.2 Å². The summed E-state index contributed by atoms with van der Waals surface area (Å²) in [6.45, 7) is 1.88. The second kappa shape index (κ2) is 7.53. The Bertz CT molecular complexity index is 607. The number of methoxy groups -OCH3 is 1. The maximum Gasteiger partial charge on any atom is 0.338 e. The zero-order chi connectivity index (χ0) is 16.0. The highest BCUT2D eigenvalue weighted by molar-refractivity contribution is 7.91. The van der Waals surface area contributed by atoms with Crippen LogP contribution in [0.25, 0.3) is 0 Å². The smallest absolute Gasteiger partial charge is 0.338 e. The summed E-state index contributed by atoms with van der Waals surface area (Å²) in [4.78, 5) is 22.4. The summed E-state index contributed by atoms with van der Waals surface area (Å²) in [5.74, 6) is -1.87. The van der Waals surface area contributed by atoms with Gasteiger partial charge in [-0.2, -0.15) is 4.72 Å². The van der Waals surface area contributed by atoms with Gasteiger partial charge in [0.2, 0.25) is 0 Å². The third-order valence-electron chi connectivity index (χ3n) is 2.70. The molecule has 0 spiro atoms. The average molecular weight is 335 g/mol. The van der Waals surface area contributed by atoms with Crippen LogP contribution in [0.15, 0.2) is 15.7 Å². The number of sulfonamides is 1. The van der Waals surface area contributed by atoms with Gasteiger partial charge in [-0.1, -0.05) is 19.8 Å². The molecule has 1 heterocycles. The summed E-state index contributed by atoms with van der Waals surface area (Å²) in [6, 6.07) is -0.0176. The van der Waals surface area contributed by atoms with Crippen LogP contribution in [0.5, 0.6) is 0 Å². The van der Waals surface area contributed by atoms with Crippen LogP contribution in [0, 0.1) is 0 Å². The van der Waals surface area contributed by atoms with Crippen LogP contribution < -0.4 is 4.72 Å². The first-order valence-electron chi connectivity index (χ1n) is 6.23. The van der Waals surface area contributed by atoms with Crippen LogP contribution in [0.3, 0.4) is 0 Å². The van der Waals surface area contributed by atoms with Gasteiger partial charge in [0.1, 0.15) is 10.3 Å². The molecule has 21 heavy (non-hydrogen) atoms. The Morgan fingerprint density at radius 2 is 2.14 bits per heavy atom. The minimum atomic E-state index is -3.98. The number of rotatable bonds is 8. The fraction of sp³-hybridized carbons (Fsp3) is 0.500. The molecule has 0 saturated carbocycles. The SMILES string of the molecule is CCCCC(NS(=O)(=O)c1cc(C(=O)OC)cs1)C(=O)O. The topological polar surface area (TPSA) is 110 Å². The van der Waals surface area contributed by atoms with E-state index in [1.165, 1.54) is 12.5 Å². The Kier molecular flexibility index (Phi) is 6.31. The van der Waals surface area contributed by atoms with E-state index < -0.39 is 28.0 Å². The molecule has 1 aromatic rings. The number of thiophene rings is 1. The average Bonchev–Trinajstić information content (AvgIpc) is 2.92. The molecule has 0 radical (unpaired) electrons. The first-order valence-corrected chi connectivity index (χ1v) is 8.60. The van der Waals surface area contributed by atoms with Crippen molar-refractivity contribution in [1.82, 2.24) is 4.72 Å². The number of hydrogen-bond acceptors (Lipinski definition) is 6. The molecule has 1 rings (SSSR count). The molecule has 0 aliphatic rings. The highest BCUT2D eigenvalue weighted by Crippen LogP contribution is 2.21. The molecule has 0 aliphatic heterocycles. The van der Waals surface area contributed by atoms with Crippen molar-refractivity contribution in [1.29, 1.82) is 0 Å². The van der Waals surface area contributed by atoms with E-state index in [1.807, 2.05) is 6.92 Å². The molecule has 1 atom stereocenters. The van der Waals surface area contributed by atoms with Gasteiger partial charge >= 0.3 is 11.9 Å². The third kappa shape index (κ3) is 4.80. The van der Waals surface area contributed by atoms with Gasteiger partial charge in [0.25, 0.3) is 10.0 Å². The number of hydrogen-bond donors (Lipinski definition) is 2. The summed E-state index contributed by atoms with van der Waals surface area (Å²) in [5, 5.41) is 10.4. The minimum Gasteiger partial charge on any atom is -0.480 e. The molecule has 0 amide bonds. The molecule has 2 N–H and O–H groups in total. The number of esters is 1. The van der Waals surface area contributed by atoms with Crippen molar-refractivity contribution in [3.8, 4) is 0 Å². The summed E-state index contributed by atoms with van der Waals surface area (Å²) in [7, 11) is -2.78. The van der Waals surface area contributed by atoms with E-state index in [9.17, 15) is 18.0 Å². The summed E-state index contributed by atoms with van der Waals surface area (Å²) in [6.07, 6.45) is 1.56. The molecule has 0 aromatic carbocycles. The lowest BCUT2D eigenvalue weighted by Crippen LogP contribution is -2.40. The summed E-state index contributed by atoms with van der Waals surface area (Å²) < 4.78 is 30.8. The van der Waals surface area contributed by atoms with Gasteiger partial charge in [0.05, 0.1) is 12.7 Å². The normalized spacial score (nSPS) is 12.9. The molecule has 1 aromatic heterocycles. The Labute approximate surface area is 127 Å². The molecule has 0 aliphatic carbocycles. The van der Waals surface area contributed by atoms with Gasteiger partial charge in [-0.05, 0) is 12.5 Å². The lowest BCUT2D eigenvalue weighted by molar-refractivity contribution is -0.139. The van der Waals surface area contributed by atoms with Crippen molar-refractivity contribution in [2.24, 2.45) is 0 Å². The number of carbonyl (C=O) groups is 2. The molecule has 0 bridgehead atoms. The molecule has 0 saturated heterocycles. The van der Waals surface area contributed by atoms with Crippen molar-refractivity contribution < 1.29 is 27.9 Å². The number of ether oxygens (including phenoxy) is 1. The number of carbonyl (C=O) groups excluding carboxylic acids is 1. The monoisotopic (exact) mass is 335 g/mol. The summed E-state index contributed by atoms with van der Waals surface area (Å²) >= 11 is 0.834. The standard InChI is InChI=1S/C12H17NO6S2/c1-3-4-5-9(11(14)15)13-21(17,18)10-6-8(7-20-10)12(16)19-2/h6-7,9,13H,3-5H2,1-2H3,(H,14,15). The number of carboxylic acid groups (broad SMARTS) is 1. The van der Waals surface area contributed by atoms with Crippen LogP contribution in [0.1, 0.15) is 36.5 Å². The number of nitrogens with one attached hydrogen (secondary N) is 1. The van der Waals surface area contributed by atoms with E-state index in [0.717, 1.165) is 23.8 Å². The predicted octanol–water partition coefficient (Wildman–Crippen LogP) is 1.46. The molecule has 9 heteroatoms. The lowest BCUT2D eigenvalue weighted by Gasteiger charge is -2.13. The predicted molar refractivity (Wildman–Crippen MR) is 76.9 cm³/mol. The van der Waals surface area contributed by atoms with Gasteiger partial charge < -0.3 is 9.84 Å². The van der Waals surface area contributed by atoms with Crippen molar-refractivity contribution in [3.63, 3.8) is 0 Å². The zero-order valence-corrected chi connectivity index (χ0v) is 13.3. The van der Waals surface area contributed by atoms with Crippen LogP contribution >= 0.6 is 11.3 Å². The first-order chi connectivity index (χ1) is 9.81. The van der Waals surface area contributed by atoms with Crippen molar-refractivity contribution in [2.75, 3.05) is 7.11 Å². The van der Waals surface area contributed by atoms with Gasteiger partial charge in [0, 0.05) is 5.38 Å². The summed E-state index contributed by atoms with van der Waals surface area (Å²) in [5.41, 5.74) is 0.114. The van der Waals surface area contributed by atoms with E-state index in [4.69, 9.17) is 5.11 Å². The maximum absolute atomic E-state index is 12.1. The van der Waals surface area contributed by atoms with Crippen molar-refractivity contribution in [2.45, 2.75) is 36.4 Å². The van der Waals surface area contributed by atoms with Crippen LogP contribution in [-0.4, -0.2) is 38.6 Å². The van der Waals surface area contributed by atoms with Crippen LogP contribution in [0.2, 0.25) is 0 Å². The van der Waals surface area contributed by atoms with Crippen molar-refractivity contribution in [3.05, 3.63) is 17.0 Å². The van der Waals surface area contributed by atoms with Gasteiger partial charge in [0.15, 0.2) is 0 Å². The number of aliphatic carboxylic acids is 1. The van der Waals surface area contributed by atoms with Gasteiger partial charge in [-0.3, -0.25) is 4.79 Å². The lowest BCUT2D eigenvalue weighted by atomic mass is 10.1. The third-order valence-corrected chi connectivity index (χ3v) is 5.61. The number of unbranched alkanes of at least 4 members (excludes halogenated alkanes) is 1. The Morgan fingerprint density at radius 3 is 2.67 bits per heavy atom. The Hall–Kier alpha value is -1.45.